The lowest BCUT2D eigenvalue weighted by Crippen LogP contribution is -2.29. The first-order valence-electron chi connectivity index (χ1n) is 9.59. The molecule has 0 aliphatic rings. The number of ether oxygens (including phenoxy) is 1. The lowest BCUT2D eigenvalue weighted by molar-refractivity contribution is -0.120. The van der Waals surface area contributed by atoms with Gasteiger partial charge in [-0.3, -0.25) is 4.79 Å². The summed E-state index contributed by atoms with van der Waals surface area (Å²) in [5.74, 6) is 0.380. The van der Waals surface area contributed by atoms with Crippen LogP contribution in [0.3, 0.4) is 0 Å². The molecule has 154 valence electrons. The number of fused-ring (bicyclic) bond motifs is 2. The van der Waals surface area contributed by atoms with E-state index >= 15 is 0 Å². The van der Waals surface area contributed by atoms with Crippen molar-refractivity contribution in [2.45, 2.75) is 19.8 Å². The van der Waals surface area contributed by atoms with Crippen LogP contribution in [0.15, 0.2) is 51.8 Å². The zero-order valence-corrected chi connectivity index (χ0v) is 17.4. The molecule has 2 N–H and O–H groups in total. The van der Waals surface area contributed by atoms with Crippen molar-refractivity contribution in [2.75, 3.05) is 13.7 Å². The summed E-state index contributed by atoms with van der Waals surface area (Å²) >= 11 is 6.08. The predicted molar refractivity (Wildman–Crippen MR) is 117 cm³/mol. The fourth-order valence-electron chi connectivity index (χ4n) is 3.62. The molecule has 2 aromatic carbocycles. The number of halogens is 1. The van der Waals surface area contributed by atoms with Crippen molar-refractivity contribution in [1.29, 1.82) is 0 Å². The molecule has 0 atom stereocenters. The van der Waals surface area contributed by atoms with E-state index in [4.69, 9.17) is 20.8 Å². The molecular weight excluding hydrogens is 404 g/mol. The highest BCUT2D eigenvalue weighted by molar-refractivity contribution is 6.31. The third kappa shape index (κ3) is 3.91. The summed E-state index contributed by atoms with van der Waals surface area (Å²) in [6, 6.07) is 11.0. The smallest absolute Gasteiger partial charge is 0.340 e. The number of rotatable bonds is 6. The minimum absolute atomic E-state index is 0.0319. The normalized spacial score (nSPS) is 11.2. The molecule has 0 radical (unpaired) electrons. The summed E-state index contributed by atoms with van der Waals surface area (Å²) in [4.78, 5) is 28.1. The molecule has 4 aromatic rings. The third-order valence-electron chi connectivity index (χ3n) is 5.28. The van der Waals surface area contributed by atoms with E-state index in [0.717, 1.165) is 27.4 Å². The summed E-state index contributed by atoms with van der Waals surface area (Å²) in [6.45, 7) is 2.28. The Kier molecular flexibility index (Phi) is 5.50. The first-order chi connectivity index (χ1) is 14.5. The van der Waals surface area contributed by atoms with Crippen molar-refractivity contribution in [3.05, 3.63) is 74.7 Å². The van der Waals surface area contributed by atoms with Crippen LogP contribution in [0.4, 0.5) is 0 Å². The highest BCUT2D eigenvalue weighted by Gasteiger charge is 2.15. The van der Waals surface area contributed by atoms with E-state index in [1.54, 1.807) is 19.2 Å². The van der Waals surface area contributed by atoms with Crippen LogP contribution in [0.2, 0.25) is 5.02 Å². The molecule has 0 aliphatic carbocycles. The fourth-order valence-corrected chi connectivity index (χ4v) is 3.79. The van der Waals surface area contributed by atoms with Crippen LogP contribution >= 0.6 is 11.6 Å². The summed E-state index contributed by atoms with van der Waals surface area (Å²) in [6.07, 6.45) is 2.54. The average Bonchev–Trinajstić information content (AvgIpc) is 3.12. The molecule has 2 heterocycles. The molecule has 0 bridgehead atoms. The largest absolute Gasteiger partial charge is 0.497 e. The highest BCUT2D eigenvalue weighted by atomic mass is 35.5. The number of carbonyl (C=O) groups excluding carboxylic acids is 1. The average molecular weight is 425 g/mol. The molecule has 0 aliphatic heterocycles. The number of hydrogen-bond acceptors (Lipinski definition) is 4. The first-order valence-corrected chi connectivity index (χ1v) is 9.96. The lowest BCUT2D eigenvalue weighted by atomic mass is 10.0. The molecule has 7 heteroatoms. The van der Waals surface area contributed by atoms with Gasteiger partial charge in [0.2, 0.25) is 5.91 Å². The van der Waals surface area contributed by atoms with Crippen molar-refractivity contribution >= 4 is 39.4 Å². The van der Waals surface area contributed by atoms with Gasteiger partial charge in [0.05, 0.1) is 19.1 Å². The van der Waals surface area contributed by atoms with Crippen molar-refractivity contribution in [3.63, 3.8) is 0 Å². The number of aromatic nitrogens is 1. The van der Waals surface area contributed by atoms with Gasteiger partial charge < -0.3 is 19.5 Å². The molecule has 0 fully saturated rings. The summed E-state index contributed by atoms with van der Waals surface area (Å²) in [7, 11) is 1.55. The minimum atomic E-state index is -0.505. The van der Waals surface area contributed by atoms with Gasteiger partial charge in [-0.2, -0.15) is 0 Å². The second-order valence-electron chi connectivity index (χ2n) is 7.14. The number of amides is 1. The number of carbonyl (C=O) groups is 1. The van der Waals surface area contributed by atoms with Gasteiger partial charge in [-0.05, 0) is 54.8 Å². The van der Waals surface area contributed by atoms with Crippen LogP contribution < -0.4 is 15.7 Å². The van der Waals surface area contributed by atoms with E-state index in [9.17, 15) is 9.59 Å². The van der Waals surface area contributed by atoms with Crippen molar-refractivity contribution in [3.8, 4) is 5.75 Å². The van der Waals surface area contributed by atoms with Gasteiger partial charge in [0, 0.05) is 40.1 Å². The summed E-state index contributed by atoms with van der Waals surface area (Å²) in [5, 5.41) is 5.38. The maximum Gasteiger partial charge on any atom is 0.340 e. The molecule has 4 rings (SSSR count). The van der Waals surface area contributed by atoms with Crippen LogP contribution in [0.1, 0.15) is 16.7 Å². The minimum Gasteiger partial charge on any atom is -0.497 e. The molecule has 0 spiro atoms. The van der Waals surface area contributed by atoms with Gasteiger partial charge in [-0.1, -0.05) is 11.6 Å². The summed E-state index contributed by atoms with van der Waals surface area (Å²) < 4.78 is 10.6. The lowest BCUT2D eigenvalue weighted by Gasteiger charge is -2.09. The Balaban J connectivity index is 1.45. The van der Waals surface area contributed by atoms with Gasteiger partial charge in [-0.25, -0.2) is 4.79 Å². The van der Waals surface area contributed by atoms with Gasteiger partial charge in [0.15, 0.2) is 0 Å². The molecular formula is C23H21ClN2O4. The van der Waals surface area contributed by atoms with E-state index in [2.05, 4.69) is 10.3 Å². The molecule has 0 unspecified atom stereocenters. The monoisotopic (exact) mass is 424 g/mol. The van der Waals surface area contributed by atoms with Gasteiger partial charge in [0.1, 0.15) is 11.3 Å². The number of aromatic amines is 1. The zero-order chi connectivity index (χ0) is 21.3. The Morgan fingerprint density at radius 2 is 2.03 bits per heavy atom. The molecule has 6 nitrogen and oxygen atoms in total. The predicted octanol–water partition coefficient (Wildman–Crippen LogP) is 4.15. The third-order valence-corrected chi connectivity index (χ3v) is 5.51. The number of methoxy groups -OCH3 is 1. The SMILES string of the molecule is COc1ccc2c(C)c(CC(=O)NCCc3c[nH]c4ccc(Cl)cc34)c(=O)oc2c1. The maximum absolute atomic E-state index is 12.5. The number of hydrogen-bond donors (Lipinski definition) is 2. The number of H-pyrrole nitrogens is 1. The Labute approximate surface area is 177 Å². The molecule has 1 amide bonds. The number of benzene rings is 2. The van der Waals surface area contributed by atoms with Crippen molar-refractivity contribution in [2.24, 2.45) is 0 Å². The van der Waals surface area contributed by atoms with Gasteiger partial charge in [-0.15, -0.1) is 0 Å². The fraction of sp³-hybridized carbons (Fsp3) is 0.217. The van der Waals surface area contributed by atoms with Crippen LogP contribution in [-0.2, 0) is 17.6 Å². The van der Waals surface area contributed by atoms with E-state index in [0.29, 0.717) is 34.9 Å². The molecule has 0 saturated carbocycles. The zero-order valence-electron chi connectivity index (χ0n) is 16.7. The van der Waals surface area contributed by atoms with Crippen LogP contribution in [-0.4, -0.2) is 24.5 Å². The highest BCUT2D eigenvalue weighted by Crippen LogP contribution is 2.24. The Bertz CT molecular complexity index is 1310. The van der Waals surface area contributed by atoms with E-state index in [-0.39, 0.29) is 12.3 Å². The topological polar surface area (TPSA) is 84.3 Å². The van der Waals surface area contributed by atoms with E-state index < -0.39 is 5.63 Å². The van der Waals surface area contributed by atoms with E-state index in [1.807, 2.05) is 37.4 Å². The maximum atomic E-state index is 12.5. The molecule has 0 saturated heterocycles. The van der Waals surface area contributed by atoms with Crippen LogP contribution in [0.5, 0.6) is 5.75 Å². The molecule has 2 aromatic heterocycles. The Morgan fingerprint density at radius 1 is 1.20 bits per heavy atom. The van der Waals surface area contributed by atoms with Crippen molar-refractivity contribution in [1.82, 2.24) is 10.3 Å². The Hall–Kier alpha value is -3.25. The first kappa shape index (κ1) is 20.0. The van der Waals surface area contributed by atoms with Crippen LogP contribution in [0, 0.1) is 6.92 Å². The quantitative estimate of drug-likeness (QED) is 0.455. The standard InChI is InChI=1S/C23H21ClN2O4/c1-13-17-5-4-16(29-2)10-21(17)30-23(28)18(13)11-22(27)25-8-7-14-12-26-20-6-3-15(24)9-19(14)20/h3-6,9-10,12,26H,7-8,11H2,1-2H3,(H,25,27). The van der Waals surface area contributed by atoms with Crippen molar-refractivity contribution < 1.29 is 13.9 Å². The molecule has 30 heavy (non-hydrogen) atoms. The van der Waals surface area contributed by atoms with Crippen LogP contribution in [0.25, 0.3) is 21.9 Å². The van der Waals surface area contributed by atoms with E-state index in [1.165, 1.54) is 0 Å². The van der Waals surface area contributed by atoms with Gasteiger partial charge in [0.25, 0.3) is 0 Å². The second-order valence-corrected chi connectivity index (χ2v) is 7.57. The van der Waals surface area contributed by atoms with Gasteiger partial charge >= 0.3 is 5.63 Å². The number of nitrogens with one attached hydrogen (secondary N) is 2. The summed E-state index contributed by atoms with van der Waals surface area (Å²) in [5.41, 5.74) is 3.12. The Morgan fingerprint density at radius 3 is 2.83 bits per heavy atom. The number of aryl methyl sites for hydroxylation is 1. The second kappa shape index (κ2) is 8.24.